The van der Waals surface area contributed by atoms with E-state index in [1.165, 1.54) is 15.4 Å². The third-order valence-corrected chi connectivity index (χ3v) is 6.22. The monoisotopic (exact) mass is 468 g/mol. The Labute approximate surface area is 196 Å². The molecule has 2 heterocycles. The number of carbonyl (C=O) groups is 2. The summed E-state index contributed by atoms with van der Waals surface area (Å²) in [6.07, 6.45) is 5.30. The molecule has 2 amide bonds. The highest BCUT2D eigenvalue weighted by atomic mass is 16.2. The van der Waals surface area contributed by atoms with E-state index in [1.54, 1.807) is 24.3 Å². The normalized spacial score (nSPS) is 14.7. The first-order valence-electron chi connectivity index (χ1n) is 12.0. The van der Waals surface area contributed by atoms with E-state index in [-0.39, 0.29) is 48.7 Å². The molecule has 0 atom stereocenters. The molecule has 0 saturated heterocycles. The number of hydrogen-bond acceptors (Lipinski definition) is 5. The Balaban J connectivity index is 1.66. The van der Waals surface area contributed by atoms with Crippen molar-refractivity contribution in [2.24, 2.45) is 5.92 Å². The van der Waals surface area contributed by atoms with E-state index in [1.807, 2.05) is 13.8 Å². The van der Waals surface area contributed by atoms with Crippen LogP contribution >= 0.6 is 0 Å². The van der Waals surface area contributed by atoms with Gasteiger partial charge in [-0.05, 0) is 30.9 Å². The molecule has 1 aliphatic rings. The van der Waals surface area contributed by atoms with Crippen molar-refractivity contribution < 1.29 is 9.59 Å². The van der Waals surface area contributed by atoms with Gasteiger partial charge in [-0.2, -0.15) is 0 Å². The van der Waals surface area contributed by atoms with Crippen LogP contribution in [-0.2, 0) is 22.7 Å². The summed E-state index contributed by atoms with van der Waals surface area (Å²) in [5.41, 5.74) is -0.404. The van der Waals surface area contributed by atoms with E-state index in [0.717, 1.165) is 30.4 Å². The van der Waals surface area contributed by atoms with Crippen LogP contribution in [0.3, 0.4) is 0 Å². The predicted molar refractivity (Wildman–Crippen MR) is 129 cm³/mol. The maximum absolute atomic E-state index is 13.2. The van der Waals surface area contributed by atoms with Gasteiger partial charge in [0.1, 0.15) is 6.54 Å². The third kappa shape index (κ3) is 5.05. The van der Waals surface area contributed by atoms with Crippen LogP contribution in [0.1, 0.15) is 52.4 Å². The second-order valence-electron chi connectivity index (χ2n) is 9.40. The van der Waals surface area contributed by atoms with E-state index >= 15 is 0 Å². The number of aromatic nitrogens is 4. The van der Waals surface area contributed by atoms with Crippen LogP contribution in [0.5, 0.6) is 0 Å². The lowest BCUT2D eigenvalue weighted by Gasteiger charge is -2.22. The molecule has 0 spiro atoms. The summed E-state index contributed by atoms with van der Waals surface area (Å²) in [6, 6.07) is 6.91. The molecule has 2 N–H and O–H groups in total. The number of amides is 2. The molecule has 3 aromatic rings. The summed E-state index contributed by atoms with van der Waals surface area (Å²) in [5, 5.41) is 10.5. The summed E-state index contributed by atoms with van der Waals surface area (Å²) >= 11 is 0. The van der Waals surface area contributed by atoms with Gasteiger partial charge in [-0.15, -0.1) is 5.10 Å². The fourth-order valence-corrected chi connectivity index (χ4v) is 4.45. The average Bonchev–Trinajstić information content (AvgIpc) is 3.13. The number of hydrogen-bond donors (Lipinski definition) is 2. The third-order valence-electron chi connectivity index (χ3n) is 6.22. The second-order valence-corrected chi connectivity index (χ2v) is 9.40. The van der Waals surface area contributed by atoms with Gasteiger partial charge in [0.25, 0.3) is 5.56 Å². The topological polar surface area (TPSA) is 120 Å². The van der Waals surface area contributed by atoms with Gasteiger partial charge in [0, 0.05) is 25.6 Å². The molecule has 0 unspecified atom stereocenters. The minimum Gasteiger partial charge on any atom is -0.356 e. The van der Waals surface area contributed by atoms with Crippen molar-refractivity contribution in [3.05, 3.63) is 45.1 Å². The van der Waals surface area contributed by atoms with Crippen LogP contribution in [0.2, 0.25) is 0 Å². The molecular formula is C24H32N6O4. The summed E-state index contributed by atoms with van der Waals surface area (Å²) in [6.45, 7) is 4.39. The maximum Gasteiger partial charge on any atom is 0.352 e. The minimum atomic E-state index is -0.497. The summed E-state index contributed by atoms with van der Waals surface area (Å²) in [4.78, 5) is 51.3. The van der Waals surface area contributed by atoms with Gasteiger partial charge in [-0.3, -0.25) is 19.0 Å². The molecule has 1 aromatic carbocycles. The number of fused-ring (bicyclic) bond motifs is 3. The fraction of sp³-hybridized carbons (Fsp3) is 0.542. The molecule has 1 saturated carbocycles. The van der Waals surface area contributed by atoms with E-state index in [0.29, 0.717) is 23.4 Å². The Morgan fingerprint density at radius 1 is 1.09 bits per heavy atom. The quantitative estimate of drug-likeness (QED) is 0.518. The predicted octanol–water partition coefficient (Wildman–Crippen LogP) is 1.42. The van der Waals surface area contributed by atoms with Gasteiger partial charge in [-0.1, -0.05) is 45.2 Å². The average molecular weight is 469 g/mol. The van der Waals surface area contributed by atoms with Crippen LogP contribution in [0.25, 0.3) is 16.7 Å². The molecule has 0 aliphatic heterocycles. The van der Waals surface area contributed by atoms with Crippen molar-refractivity contribution in [2.75, 3.05) is 6.54 Å². The van der Waals surface area contributed by atoms with E-state index < -0.39 is 5.69 Å². The molecule has 1 aliphatic carbocycles. The van der Waals surface area contributed by atoms with Gasteiger partial charge in [0.05, 0.1) is 10.9 Å². The maximum atomic E-state index is 13.2. The number of carbonyl (C=O) groups excluding carboxylic acids is 2. The number of para-hydroxylation sites is 1. The molecule has 4 rings (SSSR count). The summed E-state index contributed by atoms with van der Waals surface area (Å²) < 4.78 is 3.78. The molecule has 10 heteroatoms. The summed E-state index contributed by atoms with van der Waals surface area (Å²) in [5.74, 6) is -0.0203. The molecule has 34 heavy (non-hydrogen) atoms. The minimum absolute atomic E-state index is 0.0713. The largest absolute Gasteiger partial charge is 0.356 e. The highest BCUT2D eigenvalue weighted by Gasteiger charge is 2.21. The molecular weight excluding hydrogens is 436 g/mol. The van der Waals surface area contributed by atoms with Crippen LogP contribution < -0.4 is 21.9 Å². The Morgan fingerprint density at radius 2 is 1.82 bits per heavy atom. The number of aryl methyl sites for hydroxylation is 1. The Hall–Kier alpha value is -3.43. The zero-order valence-corrected chi connectivity index (χ0v) is 19.7. The van der Waals surface area contributed by atoms with Gasteiger partial charge < -0.3 is 10.6 Å². The Bertz CT molecular complexity index is 1310. The number of rotatable bonds is 8. The van der Waals surface area contributed by atoms with Crippen molar-refractivity contribution in [1.82, 2.24) is 29.4 Å². The van der Waals surface area contributed by atoms with Crippen molar-refractivity contribution >= 4 is 28.5 Å². The first-order chi connectivity index (χ1) is 16.3. The zero-order valence-electron chi connectivity index (χ0n) is 19.7. The highest BCUT2D eigenvalue weighted by molar-refractivity contribution is 5.80. The highest BCUT2D eigenvalue weighted by Crippen LogP contribution is 2.17. The molecule has 0 radical (unpaired) electrons. The SMILES string of the molecule is CC(C)CNC(=O)CCn1c(=O)c2ccccc2n2c(=O)n(CC(=O)NC3CCCCC3)nc12. The van der Waals surface area contributed by atoms with E-state index in [9.17, 15) is 19.2 Å². The molecule has 182 valence electrons. The van der Waals surface area contributed by atoms with Gasteiger partial charge in [0.15, 0.2) is 0 Å². The van der Waals surface area contributed by atoms with Gasteiger partial charge in [0.2, 0.25) is 17.6 Å². The Kier molecular flexibility index (Phi) is 7.14. The number of benzene rings is 1. The smallest absolute Gasteiger partial charge is 0.352 e. The van der Waals surface area contributed by atoms with Crippen LogP contribution in [0.4, 0.5) is 0 Å². The standard InChI is InChI=1S/C24H32N6O4/c1-16(2)14-25-20(31)12-13-28-22(33)18-10-6-7-11-19(18)30-23(28)27-29(24(30)34)15-21(32)26-17-8-4-3-5-9-17/h6-7,10-11,16-17H,3-5,8-9,12-15H2,1-2H3,(H,25,31)(H,26,32). The lowest BCUT2D eigenvalue weighted by atomic mass is 9.95. The lowest BCUT2D eigenvalue weighted by molar-refractivity contribution is -0.123. The second kappa shape index (κ2) is 10.2. The molecule has 10 nitrogen and oxygen atoms in total. The molecule has 1 fully saturated rings. The number of nitrogens with one attached hydrogen (secondary N) is 2. The van der Waals surface area contributed by atoms with Crippen molar-refractivity contribution in [1.29, 1.82) is 0 Å². The zero-order chi connectivity index (χ0) is 24.2. The van der Waals surface area contributed by atoms with Crippen molar-refractivity contribution in [2.45, 2.75) is 71.5 Å². The van der Waals surface area contributed by atoms with E-state index in [2.05, 4.69) is 15.7 Å². The lowest BCUT2D eigenvalue weighted by Crippen LogP contribution is -2.40. The van der Waals surface area contributed by atoms with Gasteiger partial charge in [-0.25, -0.2) is 13.9 Å². The first kappa shape index (κ1) is 23.7. The van der Waals surface area contributed by atoms with Crippen molar-refractivity contribution in [3.63, 3.8) is 0 Å². The fourth-order valence-electron chi connectivity index (χ4n) is 4.45. The Morgan fingerprint density at radius 3 is 2.56 bits per heavy atom. The molecule has 0 bridgehead atoms. The van der Waals surface area contributed by atoms with Crippen molar-refractivity contribution in [3.8, 4) is 0 Å². The van der Waals surface area contributed by atoms with Crippen LogP contribution in [0.15, 0.2) is 33.9 Å². The van der Waals surface area contributed by atoms with Crippen LogP contribution in [-0.4, -0.2) is 43.1 Å². The number of nitrogens with zero attached hydrogens (tertiary/aromatic N) is 4. The first-order valence-corrected chi connectivity index (χ1v) is 12.0. The van der Waals surface area contributed by atoms with E-state index in [4.69, 9.17) is 0 Å². The summed E-state index contributed by atoms with van der Waals surface area (Å²) in [7, 11) is 0. The van der Waals surface area contributed by atoms with Gasteiger partial charge >= 0.3 is 5.69 Å². The van der Waals surface area contributed by atoms with Crippen LogP contribution in [0, 0.1) is 5.92 Å². The molecule has 2 aromatic heterocycles.